The van der Waals surface area contributed by atoms with Gasteiger partial charge in [0.15, 0.2) is 0 Å². The highest BCUT2D eigenvalue weighted by atomic mass is 16.2. The summed E-state index contributed by atoms with van der Waals surface area (Å²) in [6.45, 7) is 4.58. The smallest absolute Gasteiger partial charge is 0.289 e. The monoisotopic (exact) mass is 184 g/mol. The number of amides is 1. The Labute approximate surface area is 78.5 Å². The van der Waals surface area contributed by atoms with Crippen LogP contribution in [0.15, 0.2) is 0 Å². The Kier molecular flexibility index (Phi) is 3.42. The van der Waals surface area contributed by atoms with E-state index in [-0.39, 0.29) is 11.7 Å². The normalized spacial score (nSPS) is 19.7. The van der Waals surface area contributed by atoms with E-state index in [1.165, 1.54) is 6.92 Å². The van der Waals surface area contributed by atoms with E-state index in [9.17, 15) is 9.59 Å². The van der Waals surface area contributed by atoms with Gasteiger partial charge < -0.3 is 9.80 Å². The molecule has 0 aromatic heterocycles. The lowest BCUT2D eigenvalue weighted by atomic mass is 10.3. The van der Waals surface area contributed by atoms with E-state index in [1.54, 1.807) is 4.90 Å². The van der Waals surface area contributed by atoms with Gasteiger partial charge in [-0.2, -0.15) is 0 Å². The van der Waals surface area contributed by atoms with Gasteiger partial charge in [-0.05, 0) is 20.0 Å². The van der Waals surface area contributed by atoms with E-state index in [2.05, 4.69) is 4.90 Å². The molecule has 1 heterocycles. The second-order valence-corrected chi connectivity index (χ2v) is 3.51. The molecule has 0 aromatic rings. The Morgan fingerprint density at radius 3 is 2.38 bits per heavy atom. The number of carbonyl (C=O) groups excluding carboxylic acids is 2. The SMILES string of the molecule is CC(=O)C(=O)N1CCCN(C)CC1. The molecular weight excluding hydrogens is 168 g/mol. The zero-order valence-electron chi connectivity index (χ0n) is 8.25. The van der Waals surface area contributed by atoms with E-state index in [0.29, 0.717) is 13.1 Å². The molecule has 1 amide bonds. The zero-order chi connectivity index (χ0) is 9.84. The van der Waals surface area contributed by atoms with Crippen molar-refractivity contribution >= 4 is 11.7 Å². The lowest BCUT2D eigenvalue weighted by Crippen LogP contribution is -2.37. The molecule has 1 fully saturated rings. The highest BCUT2D eigenvalue weighted by Gasteiger charge is 2.19. The number of nitrogens with zero attached hydrogens (tertiary/aromatic N) is 2. The average Bonchev–Trinajstić information content (AvgIpc) is 2.28. The minimum Gasteiger partial charge on any atom is -0.335 e. The minimum absolute atomic E-state index is 0.338. The third-order valence-corrected chi connectivity index (χ3v) is 2.31. The fourth-order valence-electron chi connectivity index (χ4n) is 1.47. The predicted molar refractivity (Wildman–Crippen MR) is 49.4 cm³/mol. The van der Waals surface area contributed by atoms with Crippen LogP contribution < -0.4 is 0 Å². The Bertz CT molecular complexity index is 216. The maximum atomic E-state index is 11.3. The molecule has 0 atom stereocenters. The zero-order valence-corrected chi connectivity index (χ0v) is 8.25. The molecule has 4 heteroatoms. The van der Waals surface area contributed by atoms with E-state index in [4.69, 9.17) is 0 Å². The summed E-state index contributed by atoms with van der Waals surface area (Å²) in [5.74, 6) is -0.695. The molecule has 0 saturated carbocycles. The van der Waals surface area contributed by atoms with Crippen LogP contribution in [-0.4, -0.2) is 54.7 Å². The Balaban J connectivity index is 2.51. The summed E-state index contributed by atoms with van der Waals surface area (Å²) >= 11 is 0. The Hall–Kier alpha value is -0.900. The summed E-state index contributed by atoms with van der Waals surface area (Å²) in [6, 6.07) is 0. The van der Waals surface area contributed by atoms with Crippen LogP contribution in [0.2, 0.25) is 0 Å². The standard InChI is InChI=1S/C9H16N2O2/c1-8(12)9(13)11-5-3-4-10(2)6-7-11/h3-7H2,1-2H3. The second kappa shape index (κ2) is 4.37. The molecular formula is C9H16N2O2. The first-order valence-electron chi connectivity index (χ1n) is 4.59. The van der Waals surface area contributed by atoms with Gasteiger partial charge in [-0.15, -0.1) is 0 Å². The van der Waals surface area contributed by atoms with Crippen LogP contribution in [0.3, 0.4) is 0 Å². The maximum absolute atomic E-state index is 11.3. The summed E-state index contributed by atoms with van der Waals surface area (Å²) < 4.78 is 0. The fraction of sp³-hybridized carbons (Fsp3) is 0.778. The van der Waals surface area contributed by atoms with Crippen molar-refractivity contribution in [2.75, 3.05) is 33.2 Å². The summed E-state index contributed by atoms with van der Waals surface area (Å²) in [6.07, 6.45) is 0.954. The molecule has 0 unspecified atom stereocenters. The average molecular weight is 184 g/mol. The number of likely N-dealkylation sites (N-methyl/N-ethyl adjacent to an activating group) is 1. The molecule has 0 N–H and O–H groups in total. The molecule has 0 aliphatic carbocycles. The lowest BCUT2D eigenvalue weighted by molar-refractivity contribution is -0.143. The predicted octanol–water partition coefficient (Wildman–Crippen LogP) is -0.261. The summed E-state index contributed by atoms with van der Waals surface area (Å²) in [5.41, 5.74) is 0. The summed E-state index contributed by atoms with van der Waals surface area (Å²) in [5, 5.41) is 0. The van der Waals surface area contributed by atoms with Crippen LogP contribution in [-0.2, 0) is 9.59 Å². The van der Waals surface area contributed by atoms with Crippen molar-refractivity contribution < 1.29 is 9.59 Å². The molecule has 74 valence electrons. The van der Waals surface area contributed by atoms with Crippen molar-refractivity contribution in [3.63, 3.8) is 0 Å². The molecule has 1 rings (SSSR count). The summed E-state index contributed by atoms with van der Waals surface area (Å²) in [7, 11) is 2.03. The van der Waals surface area contributed by atoms with E-state index in [1.807, 2.05) is 7.05 Å². The minimum atomic E-state index is -0.357. The fourth-order valence-corrected chi connectivity index (χ4v) is 1.47. The molecule has 1 aliphatic heterocycles. The molecule has 0 aromatic carbocycles. The molecule has 13 heavy (non-hydrogen) atoms. The Morgan fingerprint density at radius 2 is 1.77 bits per heavy atom. The van der Waals surface area contributed by atoms with Crippen LogP contribution in [0.25, 0.3) is 0 Å². The quantitative estimate of drug-likeness (QED) is 0.527. The van der Waals surface area contributed by atoms with Crippen molar-refractivity contribution in [3.05, 3.63) is 0 Å². The molecule has 1 saturated heterocycles. The van der Waals surface area contributed by atoms with Gasteiger partial charge in [0, 0.05) is 26.6 Å². The number of rotatable bonds is 1. The first-order chi connectivity index (χ1) is 6.11. The van der Waals surface area contributed by atoms with Crippen molar-refractivity contribution in [1.29, 1.82) is 0 Å². The van der Waals surface area contributed by atoms with E-state index >= 15 is 0 Å². The highest BCUT2D eigenvalue weighted by molar-refractivity contribution is 6.35. The van der Waals surface area contributed by atoms with Crippen LogP contribution in [0.5, 0.6) is 0 Å². The number of hydrogen-bond donors (Lipinski definition) is 0. The topological polar surface area (TPSA) is 40.6 Å². The van der Waals surface area contributed by atoms with Gasteiger partial charge in [-0.1, -0.05) is 0 Å². The number of hydrogen-bond acceptors (Lipinski definition) is 3. The summed E-state index contributed by atoms with van der Waals surface area (Å²) in [4.78, 5) is 26.0. The second-order valence-electron chi connectivity index (χ2n) is 3.51. The van der Waals surface area contributed by atoms with Gasteiger partial charge in [-0.3, -0.25) is 9.59 Å². The van der Waals surface area contributed by atoms with Crippen molar-refractivity contribution in [2.24, 2.45) is 0 Å². The van der Waals surface area contributed by atoms with Crippen LogP contribution in [0.1, 0.15) is 13.3 Å². The van der Waals surface area contributed by atoms with Gasteiger partial charge in [0.25, 0.3) is 5.91 Å². The van der Waals surface area contributed by atoms with Crippen LogP contribution in [0.4, 0.5) is 0 Å². The number of Topliss-reactive ketones (excluding diaryl/α,β-unsaturated/α-hetero) is 1. The van der Waals surface area contributed by atoms with E-state index in [0.717, 1.165) is 19.5 Å². The molecule has 0 spiro atoms. The first-order valence-corrected chi connectivity index (χ1v) is 4.59. The van der Waals surface area contributed by atoms with Gasteiger partial charge in [0.2, 0.25) is 5.78 Å². The van der Waals surface area contributed by atoms with Gasteiger partial charge in [0.1, 0.15) is 0 Å². The van der Waals surface area contributed by atoms with Crippen molar-refractivity contribution in [2.45, 2.75) is 13.3 Å². The third-order valence-electron chi connectivity index (χ3n) is 2.31. The largest absolute Gasteiger partial charge is 0.335 e. The van der Waals surface area contributed by atoms with Crippen LogP contribution in [0, 0.1) is 0 Å². The third kappa shape index (κ3) is 2.81. The van der Waals surface area contributed by atoms with Crippen molar-refractivity contribution in [1.82, 2.24) is 9.80 Å². The Morgan fingerprint density at radius 1 is 1.08 bits per heavy atom. The lowest BCUT2D eigenvalue weighted by Gasteiger charge is -2.18. The molecule has 0 bridgehead atoms. The van der Waals surface area contributed by atoms with Crippen molar-refractivity contribution in [3.8, 4) is 0 Å². The number of carbonyl (C=O) groups is 2. The maximum Gasteiger partial charge on any atom is 0.289 e. The highest BCUT2D eigenvalue weighted by Crippen LogP contribution is 2.01. The molecule has 1 aliphatic rings. The molecule has 0 radical (unpaired) electrons. The number of ketones is 1. The van der Waals surface area contributed by atoms with Gasteiger partial charge in [0.05, 0.1) is 0 Å². The van der Waals surface area contributed by atoms with Gasteiger partial charge >= 0.3 is 0 Å². The van der Waals surface area contributed by atoms with E-state index < -0.39 is 0 Å². The van der Waals surface area contributed by atoms with Crippen LogP contribution >= 0.6 is 0 Å². The first kappa shape index (κ1) is 10.2. The molecule has 4 nitrogen and oxygen atoms in total. The van der Waals surface area contributed by atoms with Gasteiger partial charge in [-0.25, -0.2) is 0 Å².